The normalized spacial score (nSPS) is 12.2. The Morgan fingerprint density at radius 2 is 1.80 bits per heavy atom. The molecule has 2 heterocycles. The number of nitrogens with one attached hydrogen (secondary N) is 1. The summed E-state index contributed by atoms with van der Waals surface area (Å²) in [6.07, 6.45) is 3.32. The van der Waals surface area contributed by atoms with Crippen molar-refractivity contribution in [1.82, 2.24) is 19.8 Å². The maximum Gasteiger partial charge on any atom is 0.252 e. The second-order valence-electron chi connectivity index (χ2n) is 11.0. The Morgan fingerprint density at radius 1 is 1.07 bits per heavy atom. The predicted molar refractivity (Wildman–Crippen MR) is 167 cm³/mol. The molecule has 0 saturated carbocycles. The average Bonchev–Trinajstić information content (AvgIpc) is 3.61. The first-order chi connectivity index (χ1) is 19.7. The molecular formula is C33H42N4O3S. The number of amides is 2. The molecule has 4 aromatic rings. The molecule has 0 spiro atoms. The molecule has 8 heteroatoms. The summed E-state index contributed by atoms with van der Waals surface area (Å²) in [5, 5.41) is 5.12. The van der Waals surface area contributed by atoms with Crippen molar-refractivity contribution < 1.29 is 14.3 Å². The first-order valence-corrected chi connectivity index (χ1v) is 15.3. The number of fused-ring (bicyclic) bond motifs is 1. The number of nitrogens with zero attached hydrogens (tertiary/aromatic N) is 3. The maximum absolute atomic E-state index is 13.5. The Balaban J connectivity index is 1.56. The minimum atomic E-state index is -0.627. The first-order valence-electron chi connectivity index (χ1n) is 14.5. The molecular weight excluding hydrogens is 532 g/mol. The van der Waals surface area contributed by atoms with E-state index in [0.29, 0.717) is 24.6 Å². The number of benzene rings is 2. The summed E-state index contributed by atoms with van der Waals surface area (Å²) in [6.45, 7) is 8.96. The van der Waals surface area contributed by atoms with E-state index < -0.39 is 6.04 Å². The van der Waals surface area contributed by atoms with Gasteiger partial charge in [0, 0.05) is 36.5 Å². The highest BCUT2D eigenvalue weighted by molar-refractivity contribution is 7.09. The van der Waals surface area contributed by atoms with Crippen LogP contribution in [0.3, 0.4) is 0 Å². The fourth-order valence-electron chi connectivity index (χ4n) is 5.33. The molecule has 0 fully saturated rings. The zero-order chi connectivity index (χ0) is 29.5. The number of carbonyl (C=O) groups is 2. The van der Waals surface area contributed by atoms with Gasteiger partial charge in [-0.1, -0.05) is 45.9 Å². The average molecular weight is 575 g/mol. The van der Waals surface area contributed by atoms with E-state index in [-0.39, 0.29) is 17.7 Å². The van der Waals surface area contributed by atoms with Crippen LogP contribution in [-0.2, 0) is 17.8 Å². The SMILES string of the molecule is CCC(CC)n1c(Cc2cccs2)nc2cc(C(=O)N[C@@H](CC(C)C)C(=O)N(C)Cc3ccc(OC)cc3)ccc21. The molecule has 2 aromatic heterocycles. The lowest BCUT2D eigenvalue weighted by Crippen LogP contribution is -2.47. The van der Waals surface area contributed by atoms with Gasteiger partial charge in [-0.3, -0.25) is 9.59 Å². The third-order valence-electron chi connectivity index (χ3n) is 7.51. The Bertz CT molecular complexity index is 1440. The topological polar surface area (TPSA) is 76.5 Å². The van der Waals surface area contributed by atoms with Crippen molar-refractivity contribution in [3.05, 3.63) is 81.8 Å². The van der Waals surface area contributed by atoms with Crippen molar-refractivity contribution >= 4 is 34.2 Å². The zero-order valence-corrected chi connectivity index (χ0v) is 25.8. The number of methoxy groups -OCH3 is 1. The lowest BCUT2D eigenvalue weighted by Gasteiger charge is -2.26. The fraction of sp³-hybridized carbons (Fsp3) is 0.424. The lowest BCUT2D eigenvalue weighted by molar-refractivity contribution is -0.132. The molecule has 0 aliphatic rings. The summed E-state index contributed by atoms with van der Waals surface area (Å²) in [4.78, 5) is 34.9. The Hall–Kier alpha value is -3.65. The largest absolute Gasteiger partial charge is 0.497 e. The minimum absolute atomic E-state index is 0.111. The summed E-state index contributed by atoms with van der Waals surface area (Å²) in [6, 6.07) is 17.3. The molecule has 0 bridgehead atoms. The molecule has 218 valence electrons. The van der Waals surface area contributed by atoms with Crippen molar-refractivity contribution in [2.75, 3.05) is 14.2 Å². The summed E-state index contributed by atoms with van der Waals surface area (Å²) in [7, 11) is 3.40. The molecule has 7 nitrogen and oxygen atoms in total. The van der Waals surface area contributed by atoms with Gasteiger partial charge in [-0.25, -0.2) is 4.98 Å². The molecule has 4 rings (SSSR count). The Labute approximate surface area is 247 Å². The number of ether oxygens (including phenoxy) is 1. The number of thiophene rings is 1. The van der Waals surface area contributed by atoms with Crippen molar-refractivity contribution in [1.29, 1.82) is 0 Å². The van der Waals surface area contributed by atoms with Crippen LogP contribution in [0.25, 0.3) is 11.0 Å². The van der Waals surface area contributed by atoms with Crippen LogP contribution in [-0.4, -0.2) is 46.5 Å². The number of aromatic nitrogens is 2. The Kier molecular flexibility index (Phi) is 10.2. The summed E-state index contributed by atoms with van der Waals surface area (Å²) >= 11 is 1.73. The van der Waals surface area contributed by atoms with Gasteiger partial charge in [-0.05, 0) is 72.5 Å². The molecule has 2 amide bonds. The third-order valence-corrected chi connectivity index (χ3v) is 8.39. The van der Waals surface area contributed by atoms with Gasteiger partial charge < -0.3 is 19.5 Å². The van der Waals surface area contributed by atoms with E-state index in [4.69, 9.17) is 9.72 Å². The number of carbonyl (C=O) groups excluding carboxylic acids is 2. The van der Waals surface area contributed by atoms with Gasteiger partial charge >= 0.3 is 0 Å². The van der Waals surface area contributed by atoms with Crippen LogP contribution in [0.15, 0.2) is 60.0 Å². The van der Waals surface area contributed by atoms with Crippen LogP contribution in [0.5, 0.6) is 5.75 Å². The van der Waals surface area contributed by atoms with E-state index in [2.05, 4.69) is 55.1 Å². The molecule has 0 aliphatic heterocycles. The Morgan fingerprint density at radius 3 is 2.41 bits per heavy atom. The van der Waals surface area contributed by atoms with Crippen molar-refractivity contribution in [2.24, 2.45) is 5.92 Å². The molecule has 0 aliphatic carbocycles. The van der Waals surface area contributed by atoms with Crippen LogP contribution < -0.4 is 10.1 Å². The molecule has 0 radical (unpaired) electrons. The van der Waals surface area contributed by atoms with Gasteiger partial charge in [0.1, 0.15) is 17.6 Å². The summed E-state index contributed by atoms with van der Waals surface area (Å²) < 4.78 is 7.58. The van der Waals surface area contributed by atoms with Gasteiger partial charge in [-0.2, -0.15) is 0 Å². The lowest BCUT2D eigenvalue weighted by atomic mass is 10.0. The standard InChI is InChI=1S/C33H42N4O3S/c1-7-25(8-2)37-30-16-13-24(19-28(30)34-31(37)20-27-10-9-17-41-27)32(38)35-29(18-22(3)4)33(39)36(5)21-23-11-14-26(40-6)15-12-23/h9-17,19,22,25,29H,7-8,18,20-21H2,1-6H3,(H,35,38)/t29-/m0/s1. The van der Waals surface area contributed by atoms with Crippen LogP contribution in [0.4, 0.5) is 0 Å². The van der Waals surface area contributed by atoms with Crippen LogP contribution in [0.2, 0.25) is 0 Å². The van der Waals surface area contributed by atoms with E-state index in [0.717, 1.165) is 47.4 Å². The molecule has 41 heavy (non-hydrogen) atoms. The van der Waals surface area contributed by atoms with Crippen molar-refractivity contribution in [3.8, 4) is 5.75 Å². The first kappa shape index (κ1) is 30.3. The van der Waals surface area contributed by atoms with E-state index in [1.165, 1.54) is 4.88 Å². The molecule has 0 saturated heterocycles. The molecule has 2 aromatic carbocycles. The van der Waals surface area contributed by atoms with Crippen LogP contribution in [0, 0.1) is 5.92 Å². The summed E-state index contributed by atoms with van der Waals surface area (Å²) in [5.74, 6) is 1.65. The van der Waals surface area contributed by atoms with Gasteiger partial charge in [-0.15, -0.1) is 11.3 Å². The van der Waals surface area contributed by atoms with Gasteiger partial charge in [0.2, 0.25) is 5.91 Å². The van der Waals surface area contributed by atoms with E-state index in [1.54, 1.807) is 30.4 Å². The fourth-order valence-corrected chi connectivity index (χ4v) is 6.03. The molecule has 1 atom stereocenters. The van der Waals surface area contributed by atoms with Crippen molar-refractivity contribution in [3.63, 3.8) is 0 Å². The number of rotatable bonds is 13. The molecule has 0 unspecified atom stereocenters. The number of hydrogen-bond acceptors (Lipinski definition) is 5. The van der Waals surface area contributed by atoms with Crippen LogP contribution in [0.1, 0.15) is 79.6 Å². The highest BCUT2D eigenvalue weighted by Gasteiger charge is 2.26. The van der Waals surface area contributed by atoms with Crippen LogP contribution >= 0.6 is 11.3 Å². The van der Waals surface area contributed by atoms with Gasteiger partial charge in [0.05, 0.1) is 18.1 Å². The highest BCUT2D eigenvalue weighted by atomic mass is 32.1. The molecule has 1 N–H and O–H groups in total. The minimum Gasteiger partial charge on any atom is -0.497 e. The predicted octanol–water partition coefficient (Wildman–Crippen LogP) is 6.86. The van der Waals surface area contributed by atoms with E-state index in [9.17, 15) is 9.59 Å². The van der Waals surface area contributed by atoms with E-state index in [1.807, 2.05) is 42.5 Å². The maximum atomic E-state index is 13.5. The zero-order valence-electron chi connectivity index (χ0n) is 25.0. The number of hydrogen-bond donors (Lipinski definition) is 1. The third kappa shape index (κ3) is 7.36. The second kappa shape index (κ2) is 13.8. The second-order valence-corrected chi connectivity index (χ2v) is 12.1. The van der Waals surface area contributed by atoms with Crippen molar-refractivity contribution in [2.45, 2.75) is 72.0 Å². The number of imidazole rings is 1. The highest BCUT2D eigenvalue weighted by Crippen LogP contribution is 2.28. The smallest absolute Gasteiger partial charge is 0.252 e. The van der Waals surface area contributed by atoms with Gasteiger partial charge in [0.25, 0.3) is 5.91 Å². The quantitative estimate of drug-likeness (QED) is 0.189. The summed E-state index contributed by atoms with van der Waals surface area (Å²) in [5.41, 5.74) is 3.34. The number of likely N-dealkylation sites (N-methyl/N-ethyl adjacent to an activating group) is 1. The van der Waals surface area contributed by atoms with Gasteiger partial charge in [0.15, 0.2) is 0 Å². The van der Waals surface area contributed by atoms with E-state index >= 15 is 0 Å². The monoisotopic (exact) mass is 574 g/mol.